The Balaban J connectivity index is 2.03. The first-order chi connectivity index (χ1) is 9.79. The molecule has 2 heterocycles. The number of aryl methyl sites for hydroxylation is 1. The average Bonchev–Trinajstić information content (AvgIpc) is 2.95. The zero-order valence-electron chi connectivity index (χ0n) is 11.3. The van der Waals surface area contributed by atoms with Crippen molar-refractivity contribution < 1.29 is 4.79 Å². The Hall–Kier alpha value is -2.49. The molecular weight excluding hydrogens is 250 g/mol. The number of nitrogens with zero attached hydrogens (tertiary/aromatic N) is 3. The van der Waals surface area contributed by atoms with Gasteiger partial charge in [-0.15, -0.1) is 0 Å². The molecule has 0 spiro atoms. The number of benzene rings is 1. The maximum absolute atomic E-state index is 12.6. The predicted octanol–water partition coefficient (Wildman–Crippen LogP) is 3.07. The molecule has 0 amide bonds. The molecule has 0 aliphatic carbocycles. The van der Waals surface area contributed by atoms with Gasteiger partial charge in [0.1, 0.15) is 0 Å². The minimum atomic E-state index is -0.00838. The van der Waals surface area contributed by atoms with E-state index in [1.165, 1.54) is 0 Å². The quantitative estimate of drug-likeness (QED) is 0.681. The molecule has 4 heteroatoms. The summed E-state index contributed by atoms with van der Waals surface area (Å²) in [5.74, 6) is -0.00838. The van der Waals surface area contributed by atoms with Gasteiger partial charge in [-0.25, -0.2) is 0 Å². The van der Waals surface area contributed by atoms with Crippen LogP contribution in [0.15, 0.2) is 48.9 Å². The number of carbonyl (C=O) groups is 1. The third-order valence-electron chi connectivity index (χ3n) is 3.24. The lowest BCUT2D eigenvalue weighted by molar-refractivity contribution is 0.104. The van der Waals surface area contributed by atoms with Crippen LogP contribution < -0.4 is 0 Å². The van der Waals surface area contributed by atoms with E-state index < -0.39 is 0 Å². The zero-order valence-corrected chi connectivity index (χ0v) is 11.3. The van der Waals surface area contributed by atoms with Crippen molar-refractivity contribution in [3.05, 3.63) is 60.0 Å². The molecule has 0 fully saturated rings. The van der Waals surface area contributed by atoms with Crippen LogP contribution in [0.3, 0.4) is 0 Å². The Bertz CT molecular complexity index is 756. The molecule has 2 aromatic heterocycles. The highest BCUT2D eigenvalue weighted by molar-refractivity contribution is 6.15. The molecule has 0 N–H and O–H groups in total. The molecule has 3 rings (SSSR count). The summed E-state index contributed by atoms with van der Waals surface area (Å²) in [6, 6.07) is 9.44. The van der Waals surface area contributed by atoms with Gasteiger partial charge in [-0.05, 0) is 18.6 Å². The van der Waals surface area contributed by atoms with E-state index in [0.29, 0.717) is 11.1 Å². The van der Waals surface area contributed by atoms with Crippen LogP contribution in [0.5, 0.6) is 0 Å². The third kappa shape index (κ3) is 2.20. The van der Waals surface area contributed by atoms with Gasteiger partial charge < -0.3 is 0 Å². The van der Waals surface area contributed by atoms with Crippen LogP contribution >= 0.6 is 0 Å². The molecule has 100 valence electrons. The summed E-state index contributed by atoms with van der Waals surface area (Å²) in [4.78, 5) is 16.9. The predicted molar refractivity (Wildman–Crippen MR) is 77.7 cm³/mol. The summed E-state index contributed by atoms with van der Waals surface area (Å²) < 4.78 is 1.80. The van der Waals surface area contributed by atoms with Crippen molar-refractivity contribution in [2.45, 2.75) is 19.9 Å². The molecule has 20 heavy (non-hydrogen) atoms. The molecular formula is C16H15N3O. The number of ketones is 1. The Labute approximate surface area is 117 Å². The number of hydrogen-bond acceptors (Lipinski definition) is 3. The lowest BCUT2D eigenvalue weighted by atomic mass is 10.0. The first-order valence-corrected chi connectivity index (χ1v) is 6.70. The number of pyridine rings is 1. The van der Waals surface area contributed by atoms with Crippen molar-refractivity contribution in [3.63, 3.8) is 0 Å². The molecule has 0 radical (unpaired) electrons. The largest absolute Gasteiger partial charge is 0.288 e. The van der Waals surface area contributed by atoms with E-state index in [2.05, 4.69) is 17.0 Å². The summed E-state index contributed by atoms with van der Waals surface area (Å²) in [6.45, 7) is 2.91. The van der Waals surface area contributed by atoms with Gasteiger partial charge in [0, 0.05) is 29.9 Å². The van der Waals surface area contributed by atoms with Gasteiger partial charge in [0.2, 0.25) is 0 Å². The molecule has 0 unspecified atom stereocenters. The highest BCUT2D eigenvalue weighted by Gasteiger charge is 2.14. The van der Waals surface area contributed by atoms with Gasteiger partial charge >= 0.3 is 0 Å². The van der Waals surface area contributed by atoms with Crippen LogP contribution in [0.25, 0.3) is 10.9 Å². The maximum Gasteiger partial charge on any atom is 0.196 e. The summed E-state index contributed by atoms with van der Waals surface area (Å²) in [7, 11) is 0. The average molecular weight is 265 g/mol. The maximum atomic E-state index is 12.6. The summed E-state index contributed by atoms with van der Waals surface area (Å²) in [5.41, 5.74) is 2.13. The summed E-state index contributed by atoms with van der Waals surface area (Å²) in [6.07, 6.45) is 6.10. The molecule has 0 aliphatic heterocycles. The molecule has 1 aromatic carbocycles. The SMILES string of the molecule is CCCn1cc(C(=O)c2ccnc3ccccc23)cn1. The van der Waals surface area contributed by atoms with Crippen molar-refractivity contribution in [2.24, 2.45) is 0 Å². The highest BCUT2D eigenvalue weighted by atomic mass is 16.1. The van der Waals surface area contributed by atoms with Gasteiger partial charge in [0.05, 0.1) is 17.3 Å². The van der Waals surface area contributed by atoms with Gasteiger partial charge in [-0.3, -0.25) is 14.5 Å². The number of carbonyl (C=O) groups excluding carboxylic acids is 1. The van der Waals surface area contributed by atoms with Gasteiger partial charge in [-0.1, -0.05) is 25.1 Å². The van der Waals surface area contributed by atoms with Crippen LogP contribution in [0.1, 0.15) is 29.3 Å². The first kappa shape index (κ1) is 12.5. The molecule has 0 atom stereocenters. The Morgan fingerprint density at radius 1 is 1.25 bits per heavy atom. The second-order valence-electron chi connectivity index (χ2n) is 4.70. The minimum absolute atomic E-state index is 0.00838. The Morgan fingerprint density at radius 2 is 2.10 bits per heavy atom. The third-order valence-corrected chi connectivity index (χ3v) is 3.24. The Morgan fingerprint density at radius 3 is 2.95 bits per heavy atom. The van der Waals surface area contributed by atoms with Crippen molar-refractivity contribution >= 4 is 16.7 Å². The standard InChI is InChI=1S/C16H15N3O/c1-2-9-19-11-12(10-18-19)16(20)14-7-8-17-15-6-4-3-5-13(14)15/h3-8,10-11H,2,9H2,1H3. The van der Waals surface area contributed by atoms with E-state index in [4.69, 9.17) is 0 Å². The number of para-hydroxylation sites is 1. The second kappa shape index (κ2) is 5.25. The zero-order chi connectivity index (χ0) is 13.9. The first-order valence-electron chi connectivity index (χ1n) is 6.70. The highest BCUT2D eigenvalue weighted by Crippen LogP contribution is 2.19. The smallest absolute Gasteiger partial charge is 0.196 e. The van der Waals surface area contributed by atoms with Crippen LogP contribution in [0, 0.1) is 0 Å². The number of hydrogen-bond donors (Lipinski definition) is 0. The van der Waals surface area contributed by atoms with Gasteiger partial charge in [-0.2, -0.15) is 5.10 Å². The number of fused-ring (bicyclic) bond motifs is 1. The van der Waals surface area contributed by atoms with E-state index in [1.807, 2.05) is 24.3 Å². The van der Waals surface area contributed by atoms with Crippen LogP contribution in [0.2, 0.25) is 0 Å². The van der Waals surface area contributed by atoms with Crippen molar-refractivity contribution in [1.29, 1.82) is 0 Å². The lowest BCUT2D eigenvalue weighted by Crippen LogP contribution is -2.02. The van der Waals surface area contributed by atoms with Crippen LogP contribution in [-0.4, -0.2) is 20.5 Å². The van der Waals surface area contributed by atoms with E-state index in [0.717, 1.165) is 23.9 Å². The Kier molecular flexibility index (Phi) is 3.29. The van der Waals surface area contributed by atoms with Crippen molar-refractivity contribution in [3.8, 4) is 0 Å². The number of rotatable bonds is 4. The van der Waals surface area contributed by atoms with Crippen molar-refractivity contribution in [2.75, 3.05) is 0 Å². The van der Waals surface area contributed by atoms with Gasteiger partial charge in [0.25, 0.3) is 0 Å². The molecule has 0 saturated heterocycles. The molecule has 3 aromatic rings. The van der Waals surface area contributed by atoms with Crippen LogP contribution in [-0.2, 0) is 6.54 Å². The van der Waals surface area contributed by atoms with Gasteiger partial charge in [0.15, 0.2) is 5.78 Å². The molecule has 0 bridgehead atoms. The van der Waals surface area contributed by atoms with E-state index in [9.17, 15) is 4.79 Å². The normalized spacial score (nSPS) is 10.8. The summed E-state index contributed by atoms with van der Waals surface area (Å²) >= 11 is 0. The van der Waals surface area contributed by atoms with E-state index in [-0.39, 0.29) is 5.78 Å². The van der Waals surface area contributed by atoms with Crippen molar-refractivity contribution in [1.82, 2.24) is 14.8 Å². The molecule has 0 aliphatic rings. The minimum Gasteiger partial charge on any atom is -0.288 e. The fraction of sp³-hybridized carbons (Fsp3) is 0.188. The van der Waals surface area contributed by atoms with E-state index >= 15 is 0 Å². The molecule has 0 saturated carbocycles. The topological polar surface area (TPSA) is 47.8 Å². The fourth-order valence-electron chi connectivity index (χ4n) is 2.28. The number of aromatic nitrogens is 3. The lowest BCUT2D eigenvalue weighted by Gasteiger charge is -2.03. The van der Waals surface area contributed by atoms with Crippen LogP contribution in [0.4, 0.5) is 0 Å². The second-order valence-corrected chi connectivity index (χ2v) is 4.70. The fourth-order valence-corrected chi connectivity index (χ4v) is 2.28. The monoisotopic (exact) mass is 265 g/mol. The van der Waals surface area contributed by atoms with E-state index in [1.54, 1.807) is 29.3 Å². The molecule has 4 nitrogen and oxygen atoms in total. The summed E-state index contributed by atoms with van der Waals surface area (Å²) in [5, 5.41) is 5.09.